The molecule has 1 aromatic carbocycles. The summed E-state index contributed by atoms with van der Waals surface area (Å²) in [5.74, 6) is -0.267. The molecule has 0 atom stereocenters. The Balaban J connectivity index is 2.93. The van der Waals surface area contributed by atoms with Crippen LogP contribution in [0.15, 0.2) is 18.2 Å². The molecule has 0 unspecified atom stereocenters. The van der Waals surface area contributed by atoms with Crippen LogP contribution in [-0.4, -0.2) is 6.54 Å². The molecule has 0 amide bonds. The summed E-state index contributed by atoms with van der Waals surface area (Å²) >= 11 is 5.65. The summed E-state index contributed by atoms with van der Waals surface area (Å²) < 4.78 is 12.8. The fourth-order valence-electron chi connectivity index (χ4n) is 0.823. The van der Waals surface area contributed by atoms with Crippen LogP contribution >= 0.6 is 11.6 Å². The number of hydrogen-bond acceptors (Lipinski definition) is 1. The molecule has 0 bridgehead atoms. The second-order valence-electron chi connectivity index (χ2n) is 2.15. The van der Waals surface area contributed by atoms with Gasteiger partial charge < -0.3 is 5.32 Å². The maximum atomic E-state index is 12.8. The van der Waals surface area contributed by atoms with E-state index in [1.165, 1.54) is 12.1 Å². The minimum absolute atomic E-state index is 0.267. The van der Waals surface area contributed by atoms with Crippen molar-refractivity contribution in [3.8, 4) is 0 Å². The highest BCUT2D eigenvalue weighted by Crippen LogP contribution is 2.18. The number of nitrogens with one attached hydrogen (secondary N) is 1. The van der Waals surface area contributed by atoms with Crippen LogP contribution in [0.4, 0.5) is 10.1 Å². The first-order chi connectivity index (χ1) is 5.24. The molecule has 0 saturated carbocycles. The van der Waals surface area contributed by atoms with Crippen molar-refractivity contribution < 1.29 is 4.39 Å². The van der Waals surface area contributed by atoms with Crippen LogP contribution in [0.3, 0.4) is 0 Å². The van der Waals surface area contributed by atoms with Crippen molar-refractivity contribution in [2.75, 3.05) is 11.9 Å². The van der Waals surface area contributed by atoms with Crippen molar-refractivity contribution in [2.45, 2.75) is 6.92 Å². The van der Waals surface area contributed by atoms with Crippen LogP contribution < -0.4 is 5.32 Å². The van der Waals surface area contributed by atoms with E-state index in [0.717, 1.165) is 0 Å². The van der Waals surface area contributed by atoms with E-state index in [-0.39, 0.29) is 5.82 Å². The van der Waals surface area contributed by atoms with Crippen molar-refractivity contribution in [3.63, 3.8) is 0 Å². The van der Waals surface area contributed by atoms with E-state index in [2.05, 4.69) is 5.32 Å². The maximum Gasteiger partial charge on any atom is 0.146 e. The first-order valence-electron chi connectivity index (χ1n) is 3.43. The lowest BCUT2D eigenvalue weighted by molar-refractivity contribution is 0.630. The second-order valence-corrected chi connectivity index (χ2v) is 2.59. The normalized spacial score (nSPS) is 9.73. The van der Waals surface area contributed by atoms with Crippen LogP contribution in [0.1, 0.15) is 6.92 Å². The fourth-order valence-corrected chi connectivity index (χ4v) is 0.996. The average Bonchev–Trinajstić information content (AvgIpc) is 1.98. The topological polar surface area (TPSA) is 12.0 Å². The van der Waals surface area contributed by atoms with Gasteiger partial charge in [-0.2, -0.15) is 0 Å². The van der Waals surface area contributed by atoms with E-state index >= 15 is 0 Å². The Bertz CT molecular complexity index is 250. The molecule has 11 heavy (non-hydrogen) atoms. The lowest BCUT2D eigenvalue weighted by Crippen LogP contribution is -1.98. The molecule has 1 aromatic rings. The van der Waals surface area contributed by atoms with Gasteiger partial charge in [0.1, 0.15) is 5.82 Å². The molecule has 0 saturated heterocycles. The average molecular weight is 174 g/mol. The molecule has 1 nitrogen and oxygen atoms in total. The summed E-state index contributed by atoms with van der Waals surface area (Å²) in [6, 6.07) is 4.44. The van der Waals surface area contributed by atoms with E-state index < -0.39 is 0 Å². The summed E-state index contributed by atoms with van der Waals surface area (Å²) in [5, 5.41) is 3.40. The Morgan fingerprint density at radius 2 is 2.27 bits per heavy atom. The minimum atomic E-state index is -0.267. The number of halogens is 2. The van der Waals surface area contributed by atoms with Gasteiger partial charge in [0.15, 0.2) is 0 Å². The predicted octanol–water partition coefficient (Wildman–Crippen LogP) is 2.91. The standard InChI is InChI=1S/C8H9ClFN/c1-2-11-8-5-6(9)3-4-7(8)10/h3-5,11H,2H2,1H3. The van der Waals surface area contributed by atoms with Gasteiger partial charge in [-0.3, -0.25) is 0 Å². The van der Waals surface area contributed by atoms with Gasteiger partial charge in [-0.25, -0.2) is 4.39 Å². The van der Waals surface area contributed by atoms with E-state index in [1.54, 1.807) is 6.07 Å². The largest absolute Gasteiger partial charge is 0.383 e. The van der Waals surface area contributed by atoms with Crippen molar-refractivity contribution in [1.29, 1.82) is 0 Å². The molecule has 0 radical (unpaired) electrons. The van der Waals surface area contributed by atoms with Crippen molar-refractivity contribution in [3.05, 3.63) is 29.0 Å². The smallest absolute Gasteiger partial charge is 0.146 e. The lowest BCUT2D eigenvalue weighted by atomic mass is 10.3. The van der Waals surface area contributed by atoms with Crippen LogP contribution in [-0.2, 0) is 0 Å². The summed E-state index contributed by atoms with van der Waals surface area (Å²) in [6.45, 7) is 2.59. The summed E-state index contributed by atoms with van der Waals surface area (Å²) in [7, 11) is 0. The molecule has 1 N–H and O–H groups in total. The van der Waals surface area contributed by atoms with E-state index in [9.17, 15) is 4.39 Å². The van der Waals surface area contributed by atoms with Gasteiger partial charge in [0.2, 0.25) is 0 Å². The molecule has 0 heterocycles. The Kier molecular flexibility index (Phi) is 2.71. The highest BCUT2D eigenvalue weighted by atomic mass is 35.5. The molecule has 0 aliphatic heterocycles. The first kappa shape index (κ1) is 8.34. The Morgan fingerprint density at radius 3 is 2.91 bits per heavy atom. The number of benzene rings is 1. The zero-order chi connectivity index (χ0) is 8.27. The third-order valence-corrected chi connectivity index (χ3v) is 1.53. The van der Waals surface area contributed by atoms with Gasteiger partial charge >= 0.3 is 0 Å². The van der Waals surface area contributed by atoms with Crippen LogP contribution in [0.5, 0.6) is 0 Å². The molecule has 0 aliphatic rings. The summed E-state index contributed by atoms with van der Waals surface area (Å²) in [4.78, 5) is 0. The monoisotopic (exact) mass is 173 g/mol. The lowest BCUT2D eigenvalue weighted by Gasteiger charge is -2.03. The molecular formula is C8H9ClFN. The second kappa shape index (κ2) is 3.58. The third kappa shape index (κ3) is 2.09. The summed E-state index contributed by atoms with van der Waals surface area (Å²) in [6.07, 6.45) is 0. The van der Waals surface area contributed by atoms with E-state index in [1.807, 2.05) is 6.92 Å². The van der Waals surface area contributed by atoms with Crippen LogP contribution in [0.2, 0.25) is 5.02 Å². The Labute approximate surface area is 70.2 Å². The minimum Gasteiger partial charge on any atom is -0.383 e. The zero-order valence-electron chi connectivity index (χ0n) is 6.20. The molecule has 3 heteroatoms. The number of rotatable bonds is 2. The molecule has 0 aromatic heterocycles. The number of hydrogen-bond donors (Lipinski definition) is 1. The SMILES string of the molecule is CCNc1cc(Cl)ccc1F. The molecule has 0 aliphatic carbocycles. The molecule has 1 rings (SSSR count). The van der Waals surface area contributed by atoms with E-state index in [4.69, 9.17) is 11.6 Å². The van der Waals surface area contributed by atoms with Gasteiger partial charge in [-0.15, -0.1) is 0 Å². The van der Waals surface area contributed by atoms with Crippen LogP contribution in [0, 0.1) is 5.82 Å². The van der Waals surface area contributed by atoms with Gasteiger partial charge in [-0.1, -0.05) is 11.6 Å². The van der Waals surface area contributed by atoms with Crippen LogP contribution in [0.25, 0.3) is 0 Å². The van der Waals surface area contributed by atoms with Gasteiger partial charge in [-0.05, 0) is 25.1 Å². The van der Waals surface area contributed by atoms with Gasteiger partial charge in [0.05, 0.1) is 5.69 Å². The third-order valence-electron chi connectivity index (χ3n) is 1.30. The predicted molar refractivity (Wildman–Crippen MR) is 45.6 cm³/mol. The van der Waals surface area contributed by atoms with E-state index in [0.29, 0.717) is 17.3 Å². The molecular weight excluding hydrogens is 165 g/mol. The maximum absolute atomic E-state index is 12.8. The van der Waals surface area contributed by atoms with Crippen molar-refractivity contribution in [2.24, 2.45) is 0 Å². The first-order valence-corrected chi connectivity index (χ1v) is 3.80. The van der Waals surface area contributed by atoms with Crippen molar-refractivity contribution in [1.82, 2.24) is 0 Å². The Morgan fingerprint density at radius 1 is 1.55 bits per heavy atom. The quantitative estimate of drug-likeness (QED) is 0.725. The molecule has 0 spiro atoms. The van der Waals surface area contributed by atoms with Gasteiger partial charge in [0, 0.05) is 11.6 Å². The highest BCUT2D eigenvalue weighted by Gasteiger charge is 1.99. The van der Waals surface area contributed by atoms with Gasteiger partial charge in [0.25, 0.3) is 0 Å². The molecule has 60 valence electrons. The summed E-state index contributed by atoms with van der Waals surface area (Å²) in [5.41, 5.74) is 0.458. The molecule has 0 fully saturated rings. The highest BCUT2D eigenvalue weighted by molar-refractivity contribution is 6.30. The zero-order valence-corrected chi connectivity index (χ0v) is 6.95. The Hall–Kier alpha value is -0.760. The van der Waals surface area contributed by atoms with Crippen molar-refractivity contribution >= 4 is 17.3 Å². The number of anilines is 1. The fraction of sp³-hybridized carbons (Fsp3) is 0.250.